The van der Waals surface area contributed by atoms with Crippen molar-refractivity contribution in [1.29, 1.82) is 0 Å². The normalized spacial score (nSPS) is 9.83. The van der Waals surface area contributed by atoms with Gasteiger partial charge in [-0.3, -0.25) is 4.57 Å². The Kier molecular flexibility index (Phi) is 5.74. The lowest BCUT2D eigenvalue weighted by molar-refractivity contribution is 0.600. The average molecular weight is 181 g/mol. The van der Waals surface area contributed by atoms with Crippen molar-refractivity contribution >= 4 is 49.9 Å². The first-order chi connectivity index (χ1) is 2.00. The van der Waals surface area contributed by atoms with Crippen molar-refractivity contribution in [2.45, 2.75) is 0 Å². The van der Waals surface area contributed by atoms with Gasteiger partial charge in [0.25, 0.3) is 0 Å². The molecule has 1 nitrogen and oxygen atoms in total. The summed E-state index contributed by atoms with van der Waals surface area (Å²) in [5.74, 6) is 0. The van der Waals surface area contributed by atoms with Gasteiger partial charge in [-0.25, -0.2) is 0 Å². The van der Waals surface area contributed by atoms with E-state index >= 15 is 0 Å². The number of hydrogen-bond acceptors (Lipinski definition) is 1. The van der Waals surface area contributed by atoms with Gasteiger partial charge in [0.15, 0.2) is 0 Å². The summed E-state index contributed by atoms with van der Waals surface area (Å²) in [5.41, 5.74) is 0. The lowest BCUT2D eigenvalue weighted by Crippen LogP contribution is -1.19. The molecule has 6 heteroatoms. The first-order valence-corrected chi connectivity index (χ1v) is 5.11. The van der Waals surface area contributed by atoms with E-state index in [2.05, 4.69) is 33.7 Å². The molecule has 0 aliphatic rings. The molecule has 36 valence electrons. The average Bonchev–Trinajstić information content (AvgIpc) is 0.722. The van der Waals surface area contributed by atoms with Gasteiger partial charge in [0.05, 0.1) is 0 Å². The summed E-state index contributed by atoms with van der Waals surface area (Å²) in [5, 5.41) is -3.22. The van der Waals surface area contributed by atoms with Crippen LogP contribution in [-0.2, 0) is 4.57 Å². The molecule has 0 bridgehead atoms. The summed E-state index contributed by atoms with van der Waals surface area (Å²) in [6, 6.07) is 0. The van der Waals surface area contributed by atoms with Gasteiger partial charge in [0.1, 0.15) is 0 Å². The third-order valence-corrected chi connectivity index (χ3v) is 0. The smallest absolute Gasteiger partial charge is 0.271 e. The van der Waals surface area contributed by atoms with Crippen LogP contribution in [-0.4, -0.2) is 11.0 Å². The lowest BCUT2D eigenvalue weighted by Gasteiger charge is -1.74. The Labute approximate surface area is 54.7 Å². The molecule has 0 rings (SSSR count). The molecule has 0 unspecified atom stereocenters. The molecule has 0 fully saturated rings. The molecule has 0 atom stereocenters. The van der Waals surface area contributed by atoms with Crippen molar-refractivity contribution in [2.75, 3.05) is 0 Å². The minimum Gasteiger partial charge on any atom is -0.271 e. The van der Waals surface area contributed by atoms with Crippen LogP contribution in [0.2, 0.25) is 0 Å². The van der Waals surface area contributed by atoms with Crippen LogP contribution in [0.3, 0.4) is 0 Å². The molecule has 6 heavy (non-hydrogen) atoms. The summed E-state index contributed by atoms with van der Waals surface area (Å²) < 4.78 is 9.51. The van der Waals surface area contributed by atoms with Crippen molar-refractivity contribution < 1.29 is 4.57 Å². The van der Waals surface area contributed by atoms with Gasteiger partial charge < -0.3 is 0 Å². The topological polar surface area (TPSA) is 17.1 Å². The molecule has 0 aromatic rings. The first-order valence-electron chi connectivity index (χ1n) is 0.690. The maximum atomic E-state index is 9.51. The molecule has 0 aromatic heterocycles. The van der Waals surface area contributed by atoms with Crippen molar-refractivity contribution in [1.82, 2.24) is 0 Å². The molecular weight excluding hydrogens is 181 g/mol. The van der Waals surface area contributed by atoms with E-state index in [1.165, 1.54) is 0 Å². The van der Waals surface area contributed by atoms with Gasteiger partial charge in [-0.2, -0.15) is 0 Å². The fourth-order valence-electron chi connectivity index (χ4n) is 0. The van der Waals surface area contributed by atoms with E-state index in [-0.39, 0.29) is 11.0 Å². The monoisotopic (exact) mass is 180 g/mol. The Bertz CT molecular complexity index is 56.9. The van der Waals surface area contributed by atoms with Crippen molar-refractivity contribution in [3.8, 4) is 0 Å². The zero-order valence-electron chi connectivity index (χ0n) is 2.49. The summed E-state index contributed by atoms with van der Waals surface area (Å²) in [4.78, 5) is 0. The minimum atomic E-state index is -3.22. The second kappa shape index (κ2) is 3.34. The van der Waals surface area contributed by atoms with E-state index in [0.717, 1.165) is 0 Å². The molecule has 0 spiro atoms. The van der Waals surface area contributed by atoms with Crippen LogP contribution in [0.1, 0.15) is 0 Å². The zero-order valence-corrected chi connectivity index (χ0v) is 6.65. The van der Waals surface area contributed by atoms with Crippen LogP contribution < -0.4 is 0 Å². The summed E-state index contributed by atoms with van der Waals surface area (Å²) in [7, 11) is 0. The molecule has 0 heterocycles. The lowest BCUT2D eigenvalue weighted by atomic mass is 16.0. The Morgan fingerprint density at radius 1 is 1.17 bits per heavy atom. The number of hydrogen-bond donors (Lipinski definition) is 0. The van der Waals surface area contributed by atoms with Crippen LogP contribution in [0.5, 0.6) is 0 Å². The molecular formula is Cl3OPSi. The molecule has 4 radical (unpaired) electrons. The number of rotatable bonds is 0. The molecule has 0 saturated carbocycles. The fourth-order valence-corrected chi connectivity index (χ4v) is 0. The quantitative estimate of drug-likeness (QED) is 0.414. The van der Waals surface area contributed by atoms with E-state index in [4.69, 9.17) is 0 Å². The Balaban J connectivity index is 0. The highest BCUT2D eigenvalue weighted by Gasteiger charge is 2.02. The first kappa shape index (κ1) is 10.3. The largest absolute Gasteiger partial charge is 0.339 e. The van der Waals surface area contributed by atoms with Crippen molar-refractivity contribution in [3.05, 3.63) is 0 Å². The van der Waals surface area contributed by atoms with Crippen molar-refractivity contribution in [2.24, 2.45) is 0 Å². The second-order valence-electron chi connectivity index (χ2n) is 0.399. The van der Waals surface area contributed by atoms with Gasteiger partial charge in [-0.05, 0) is 33.7 Å². The van der Waals surface area contributed by atoms with E-state index in [9.17, 15) is 4.57 Å². The van der Waals surface area contributed by atoms with Gasteiger partial charge in [0, 0.05) is 11.0 Å². The predicted octanol–water partition coefficient (Wildman–Crippen LogP) is 2.43. The van der Waals surface area contributed by atoms with Gasteiger partial charge in [-0.15, -0.1) is 0 Å². The van der Waals surface area contributed by atoms with Crippen LogP contribution in [0.4, 0.5) is 0 Å². The maximum Gasteiger partial charge on any atom is 0.339 e. The fraction of sp³-hybridized carbons (Fsp3) is 0. The molecule has 0 aromatic carbocycles. The molecule has 0 aliphatic heterocycles. The predicted molar refractivity (Wildman–Crippen MR) is 30.9 cm³/mol. The molecule has 0 N–H and O–H groups in total. The molecule has 0 saturated heterocycles. The minimum absolute atomic E-state index is 0. The zero-order chi connectivity index (χ0) is 4.50. The summed E-state index contributed by atoms with van der Waals surface area (Å²) in [6.45, 7) is 0. The van der Waals surface area contributed by atoms with Gasteiger partial charge in [-0.1, -0.05) is 0 Å². The highest BCUT2D eigenvalue weighted by atomic mass is 36.0. The Hall–Kier alpha value is 1.32. The van der Waals surface area contributed by atoms with Crippen LogP contribution in [0.25, 0.3) is 0 Å². The van der Waals surface area contributed by atoms with E-state index < -0.39 is 5.20 Å². The highest BCUT2D eigenvalue weighted by Crippen LogP contribution is 2.61. The summed E-state index contributed by atoms with van der Waals surface area (Å²) in [6.07, 6.45) is 0. The van der Waals surface area contributed by atoms with Crippen LogP contribution >= 0.6 is 38.9 Å². The Morgan fingerprint density at radius 3 is 1.17 bits per heavy atom. The third-order valence-electron chi connectivity index (χ3n) is 0. The Morgan fingerprint density at radius 2 is 1.17 bits per heavy atom. The highest BCUT2D eigenvalue weighted by molar-refractivity contribution is 8.24. The third kappa shape index (κ3) is 57.1. The SMILES string of the molecule is O=P(Cl)(Cl)Cl.[Si]. The van der Waals surface area contributed by atoms with Gasteiger partial charge >= 0.3 is 5.20 Å². The standard InChI is InChI=1S/Cl3OP.Si/c1-5(2,3)4;. The summed E-state index contributed by atoms with van der Waals surface area (Å²) >= 11 is 13.8. The van der Waals surface area contributed by atoms with Crippen LogP contribution in [0, 0.1) is 0 Å². The van der Waals surface area contributed by atoms with E-state index in [0.29, 0.717) is 0 Å². The van der Waals surface area contributed by atoms with Crippen molar-refractivity contribution in [3.63, 3.8) is 0 Å². The van der Waals surface area contributed by atoms with E-state index in [1.54, 1.807) is 0 Å². The molecule has 0 aliphatic carbocycles. The second-order valence-corrected chi connectivity index (χ2v) is 7.04. The molecule has 0 amide bonds. The maximum absolute atomic E-state index is 9.51. The number of halogens is 3. The van der Waals surface area contributed by atoms with Crippen LogP contribution in [0.15, 0.2) is 0 Å². The van der Waals surface area contributed by atoms with Gasteiger partial charge in [0.2, 0.25) is 0 Å². The van der Waals surface area contributed by atoms with E-state index in [1.807, 2.05) is 0 Å².